The van der Waals surface area contributed by atoms with Gasteiger partial charge in [-0.05, 0) is 45.6 Å². The number of hydrogen-bond acceptors (Lipinski definition) is 5. The summed E-state index contributed by atoms with van der Waals surface area (Å²) in [7, 11) is 0. The zero-order chi connectivity index (χ0) is 17.1. The molecule has 1 aliphatic carbocycles. The molecule has 1 saturated carbocycles. The largest absolute Gasteiger partial charge is 0.348 e. The topological polar surface area (TPSA) is 115 Å². The first-order valence-corrected chi connectivity index (χ1v) is 8.50. The van der Waals surface area contributed by atoms with Gasteiger partial charge in [0, 0.05) is 24.2 Å². The Bertz CT molecular complexity index is 684. The van der Waals surface area contributed by atoms with E-state index in [9.17, 15) is 4.79 Å². The van der Waals surface area contributed by atoms with Crippen LogP contribution in [0.25, 0.3) is 0 Å². The summed E-state index contributed by atoms with van der Waals surface area (Å²) in [5.74, 6) is -0.200. The Balaban J connectivity index is 1.55. The highest BCUT2D eigenvalue weighted by molar-refractivity contribution is 5.92. The van der Waals surface area contributed by atoms with Gasteiger partial charge in [-0.15, -0.1) is 5.10 Å². The summed E-state index contributed by atoms with van der Waals surface area (Å²) in [6, 6.07) is 2.53. The third-order valence-corrected chi connectivity index (χ3v) is 4.51. The van der Waals surface area contributed by atoms with E-state index in [1.165, 1.54) is 0 Å². The van der Waals surface area contributed by atoms with Crippen LogP contribution in [0.3, 0.4) is 0 Å². The Hall–Kier alpha value is -2.22. The zero-order valence-corrected chi connectivity index (χ0v) is 14.2. The van der Waals surface area contributed by atoms with E-state index in [1.807, 2.05) is 24.6 Å². The summed E-state index contributed by atoms with van der Waals surface area (Å²) in [4.78, 5) is 12.3. The second kappa shape index (κ2) is 7.12. The number of amides is 1. The maximum atomic E-state index is 12.3. The molecule has 0 spiro atoms. The van der Waals surface area contributed by atoms with Crippen molar-refractivity contribution in [1.29, 1.82) is 0 Å². The van der Waals surface area contributed by atoms with Crippen molar-refractivity contribution in [2.75, 3.05) is 0 Å². The molecule has 4 N–H and O–H groups in total. The summed E-state index contributed by atoms with van der Waals surface area (Å²) in [6.45, 7) is 3.91. The molecule has 2 heterocycles. The SMILES string of the molecule is Cc1cc(C[C@@H](C)NC(=O)c2cn(C3CCC(N)CC3)nn2)n[nH]1. The maximum absolute atomic E-state index is 12.3. The van der Waals surface area contributed by atoms with Gasteiger partial charge < -0.3 is 11.1 Å². The number of nitrogens with two attached hydrogens (primary N) is 1. The predicted octanol–water partition coefficient (Wildman–Crippen LogP) is 1.11. The molecule has 130 valence electrons. The van der Waals surface area contributed by atoms with Gasteiger partial charge in [0.05, 0.1) is 17.9 Å². The monoisotopic (exact) mass is 331 g/mol. The maximum Gasteiger partial charge on any atom is 0.273 e. The highest BCUT2D eigenvalue weighted by atomic mass is 16.2. The van der Waals surface area contributed by atoms with Gasteiger partial charge >= 0.3 is 0 Å². The van der Waals surface area contributed by atoms with Crippen molar-refractivity contribution in [3.05, 3.63) is 29.3 Å². The van der Waals surface area contributed by atoms with Gasteiger partial charge in [0.2, 0.25) is 0 Å². The van der Waals surface area contributed by atoms with Crippen LogP contribution < -0.4 is 11.1 Å². The Kier molecular flexibility index (Phi) is 4.94. The minimum Gasteiger partial charge on any atom is -0.348 e. The van der Waals surface area contributed by atoms with Gasteiger partial charge in [-0.1, -0.05) is 5.21 Å². The molecule has 0 bridgehead atoms. The third-order valence-electron chi connectivity index (χ3n) is 4.51. The Morgan fingerprint density at radius 3 is 2.88 bits per heavy atom. The number of H-pyrrole nitrogens is 1. The highest BCUT2D eigenvalue weighted by Gasteiger charge is 2.22. The van der Waals surface area contributed by atoms with Gasteiger partial charge in [-0.3, -0.25) is 9.89 Å². The summed E-state index contributed by atoms with van der Waals surface area (Å²) >= 11 is 0. The van der Waals surface area contributed by atoms with Gasteiger partial charge in [0.1, 0.15) is 0 Å². The molecular weight excluding hydrogens is 306 g/mol. The molecule has 1 fully saturated rings. The van der Waals surface area contributed by atoms with Crippen molar-refractivity contribution in [2.45, 2.75) is 64.1 Å². The summed E-state index contributed by atoms with van der Waals surface area (Å²) < 4.78 is 1.81. The fourth-order valence-corrected chi connectivity index (χ4v) is 3.17. The molecule has 1 aliphatic rings. The molecule has 8 heteroatoms. The van der Waals surface area contributed by atoms with Gasteiger partial charge in [-0.25, -0.2) is 4.68 Å². The van der Waals surface area contributed by atoms with Gasteiger partial charge in [0.15, 0.2) is 5.69 Å². The number of carbonyl (C=O) groups excluding carboxylic acids is 1. The number of aromatic nitrogens is 5. The van der Waals surface area contributed by atoms with Crippen LogP contribution in [0.5, 0.6) is 0 Å². The van der Waals surface area contributed by atoms with E-state index in [0.29, 0.717) is 24.2 Å². The number of aromatic amines is 1. The second-order valence-corrected chi connectivity index (χ2v) is 6.77. The fraction of sp³-hybridized carbons (Fsp3) is 0.625. The molecule has 0 aliphatic heterocycles. The lowest BCUT2D eigenvalue weighted by Gasteiger charge is -2.25. The van der Waals surface area contributed by atoms with Crippen LogP contribution >= 0.6 is 0 Å². The number of rotatable bonds is 5. The Morgan fingerprint density at radius 2 is 2.21 bits per heavy atom. The zero-order valence-electron chi connectivity index (χ0n) is 14.2. The quantitative estimate of drug-likeness (QED) is 0.759. The molecule has 3 rings (SSSR count). The highest BCUT2D eigenvalue weighted by Crippen LogP contribution is 2.26. The van der Waals surface area contributed by atoms with Crippen molar-refractivity contribution in [2.24, 2.45) is 5.73 Å². The summed E-state index contributed by atoms with van der Waals surface area (Å²) in [5, 5.41) is 18.2. The van der Waals surface area contributed by atoms with Crippen molar-refractivity contribution >= 4 is 5.91 Å². The second-order valence-electron chi connectivity index (χ2n) is 6.77. The number of carbonyl (C=O) groups is 1. The van der Waals surface area contributed by atoms with Crippen LogP contribution in [0.2, 0.25) is 0 Å². The van der Waals surface area contributed by atoms with Crippen LogP contribution in [-0.4, -0.2) is 43.2 Å². The molecule has 24 heavy (non-hydrogen) atoms. The first kappa shape index (κ1) is 16.6. The lowest BCUT2D eigenvalue weighted by Crippen LogP contribution is -2.34. The molecular formula is C16H25N7O. The predicted molar refractivity (Wildman–Crippen MR) is 89.5 cm³/mol. The smallest absolute Gasteiger partial charge is 0.273 e. The first-order valence-electron chi connectivity index (χ1n) is 8.50. The van der Waals surface area contributed by atoms with Crippen LogP contribution in [0.1, 0.15) is 60.5 Å². The van der Waals surface area contributed by atoms with E-state index in [-0.39, 0.29) is 11.9 Å². The van der Waals surface area contributed by atoms with Crippen molar-refractivity contribution < 1.29 is 4.79 Å². The Labute approximate surface area is 141 Å². The van der Waals surface area contributed by atoms with E-state index >= 15 is 0 Å². The van der Waals surface area contributed by atoms with Gasteiger partial charge in [-0.2, -0.15) is 5.10 Å². The molecule has 0 radical (unpaired) electrons. The number of nitrogens with one attached hydrogen (secondary N) is 2. The molecule has 2 aromatic rings. The summed E-state index contributed by atoms with van der Waals surface area (Å²) in [5.41, 5.74) is 8.23. The van der Waals surface area contributed by atoms with E-state index in [4.69, 9.17) is 5.73 Å². The van der Waals surface area contributed by atoms with Crippen molar-refractivity contribution in [3.63, 3.8) is 0 Å². The number of nitrogens with zero attached hydrogens (tertiary/aromatic N) is 4. The minimum atomic E-state index is -0.200. The van der Waals surface area contributed by atoms with E-state index < -0.39 is 0 Å². The van der Waals surface area contributed by atoms with E-state index in [0.717, 1.165) is 37.1 Å². The first-order chi connectivity index (χ1) is 11.5. The standard InChI is InChI=1S/C16H25N7O/c1-10(7-13-8-11(2)19-20-13)18-16(24)15-9-23(22-21-15)14-5-3-12(17)4-6-14/h8-10,12,14H,3-7,17H2,1-2H3,(H,18,24)(H,19,20)/t10-,12?,14?/m1/s1. The molecule has 0 aromatic carbocycles. The lowest BCUT2D eigenvalue weighted by molar-refractivity contribution is 0.0935. The molecule has 2 aromatic heterocycles. The van der Waals surface area contributed by atoms with E-state index in [1.54, 1.807) is 6.20 Å². The molecule has 1 amide bonds. The van der Waals surface area contributed by atoms with Gasteiger partial charge in [0.25, 0.3) is 5.91 Å². The average Bonchev–Trinajstić information content (AvgIpc) is 3.17. The third kappa shape index (κ3) is 4.00. The van der Waals surface area contributed by atoms with Crippen LogP contribution in [0.15, 0.2) is 12.3 Å². The molecule has 8 nitrogen and oxygen atoms in total. The summed E-state index contributed by atoms with van der Waals surface area (Å²) in [6.07, 6.45) is 6.37. The van der Waals surface area contributed by atoms with Crippen molar-refractivity contribution in [3.8, 4) is 0 Å². The number of aryl methyl sites for hydroxylation is 1. The van der Waals surface area contributed by atoms with Crippen LogP contribution in [0.4, 0.5) is 0 Å². The van der Waals surface area contributed by atoms with Crippen LogP contribution in [-0.2, 0) is 6.42 Å². The normalized spacial score (nSPS) is 22.3. The number of hydrogen-bond donors (Lipinski definition) is 3. The Morgan fingerprint density at radius 1 is 1.46 bits per heavy atom. The fourth-order valence-electron chi connectivity index (χ4n) is 3.17. The van der Waals surface area contributed by atoms with Crippen molar-refractivity contribution in [1.82, 2.24) is 30.5 Å². The minimum absolute atomic E-state index is 0.0296. The van der Waals surface area contributed by atoms with Crippen LogP contribution in [0, 0.1) is 6.92 Å². The average molecular weight is 331 g/mol. The molecule has 0 saturated heterocycles. The molecule has 1 atom stereocenters. The molecule has 0 unspecified atom stereocenters. The lowest BCUT2D eigenvalue weighted by atomic mass is 9.92. The van der Waals surface area contributed by atoms with E-state index in [2.05, 4.69) is 25.8 Å².